The van der Waals surface area contributed by atoms with Crippen molar-refractivity contribution in [2.45, 2.75) is 17.7 Å². The summed E-state index contributed by atoms with van der Waals surface area (Å²) in [7, 11) is 0. The van der Waals surface area contributed by atoms with Gasteiger partial charge in [-0.2, -0.15) is 0 Å². The van der Waals surface area contributed by atoms with Crippen LogP contribution in [0.1, 0.15) is 22.3 Å². The fourth-order valence-corrected chi connectivity index (χ4v) is 2.50. The number of carboxylic acids is 1. The molecule has 0 aromatic heterocycles. The van der Waals surface area contributed by atoms with Crippen molar-refractivity contribution >= 4 is 27.6 Å². The monoisotopic (exact) mass is 385 g/mol. The van der Waals surface area contributed by atoms with E-state index >= 15 is 0 Å². The molecular weight excluding hydrogens is 369 g/mol. The van der Waals surface area contributed by atoms with Crippen molar-refractivity contribution in [3.05, 3.63) is 59.7 Å². The standard InChI is InChI=1S/C17H18BrNO3.Na/c18-13(7-6-12-4-2-1-3-5-12)11-19-14-8-9-16(20)15(10-14)17(21)22;/h1-5,8-10,13,19-20H,6-7,11H2,(H,21,22);/q;+1/p-1. The minimum Gasteiger partial charge on any atom is -0.545 e. The number of anilines is 1. The van der Waals surface area contributed by atoms with Gasteiger partial charge in [-0.3, -0.25) is 0 Å². The van der Waals surface area contributed by atoms with Gasteiger partial charge in [0, 0.05) is 22.6 Å². The van der Waals surface area contributed by atoms with Crippen molar-refractivity contribution in [2.24, 2.45) is 0 Å². The number of phenols is 1. The zero-order valence-electron chi connectivity index (χ0n) is 13.0. The van der Waals surface area contributed by atoms with Gasteiger partial charge in [-0.25, -0.2) is 0 Å². The molecule has 0 aliphatic carbocycles. The van der Waals surface area contributed by atoms with Crippen molar-refractivity contribution in [3.63, 3.8) is 0 Å². The second-order valence-electron chi connectivity index (χ2n) is 5.02. The zero-order chi connectivity index (χ0) is 15.9. The summed E-state index contributed by atoms with van der Waals surface area (Å²) < 4.78 is 0. The summed E-state index contributed by atoms with van der Waals surface area (Å²) >= 11 is 3.61. The normalized spacial score (nSPS) is 11.3. The number of hydrogen-bond acceptors (Lipinski definition) is 4. The molecular formula is C17H17BrNNaO3. The van der Waals surface area contributed by atoms with Gasteiger partial charge in [0.05, 0.1) is 5.97 Å². The topological polar surface area (TPSA) is 72.4 Å². The molecule has 4 nitrogen and oxygen atoms in total. The molecule has 116 valence electrons. The smallest absolute Gasteiger partial charge is 0.545 e. The largest absolute Gasteiger partial charge is 1.00 e. The maximum absolute atomic E-state index is 10.9. The molecule has 0 spiro atoms. The second kappa shape index (κ2) is 9.98. The Bertz CT molecular complexity index is 637. The van der Waals surface area contributed by atoms with E-state index in [4.69, 9.17) is 0 Å². The van der Waals surface area contributed by atoms with Gasteiger partial charge < -0.3 is 20.3 Å². The van der Waals surface area contributed by atoms with Gasteiger partial charge in [0.25, 0.3) is 0 Å². The van der Waals surface area contributed by atoms with Crippen LogP contribution in [0.15, 0.2) is 48.5 Å². The molecule has 2 rings (SSSR count). The summed E-state index contributed by atoms with van der Waals surface area (Å²) in [5.74, 6) is -1.68. The Labute approximate surface area is 166 Å². The number of aromatic hydroxyl groups is 1. The SMILES string of the molecule is O=C([O-])c1cc(NCC(Br)CCc2ccccc2)ccc1O.[Na+]. The van der Waals surface area contributed by atoms with Gasteiger partial charge in [0.15, 0.2) is 0 Å². The number of carboxylic acid groups (broad SMARTS) is 1. The molecule has 0 aliphatic heterocycles. The average Bonchev–Trinajstić information content (AvgIpc) is 2.53. The number of aromatic carboxylic acids is 1. The Morgan fingerprint density at radius 3 is 2.57 bits per heavy atom. The molecule has 2 aromatic rings. The first-order valence-electron chi connectivity index (χ1n) is 7.02. The van der Waals surface area contributed by atoms with E-state index in [1.165, 1.54) is 17.7 Å². The average molecular weight is 386 g/mol. The zero-order valence-corrected chi connectivity index (χ0v) is 16.5. The molecule has 1 atom stereocenters. The van der Waals surface area contributed by atoms with Gasteiger partial charge >= 0.3 is 29.6 Å². The third-order valence-corrected chi connectivity index (χ3v) is 4.11. The van der Waals surface area contributed by atoms with Crippen molar-refractivity contribution in [1.82, 2.24) is 0 Å². The molecule has 2 aromatic carbocycles. The van der Waals surface area contributed by atoms with Gasteiger partial charge in [-0.1, -0.05) is 46.3 Å². The van der Waals surface area contributed by atoms with Crippen LogP contribution in [0, 0.1) is 0 Å². The molecule has 0 aliphatic rings. The van der Waals surface area contributed by atoms with E-state index in [9.17, 15) is 15.0 Å². The number of halogens is 1. The van der Waals surface area contributed by atoms with Crippen molar-refractivity contribution < 1.29 is 44.6 Å². The second-order valence-corrected chi connectivity index (χ2v) is 6.32. The minimum atomic E-state index is -1.39. The van der Waals surface area contributed by atoms with E-state index in [1.54, 1.807) is 6.07 Å². The van der Waals surface area contributed by atoms with Crippen LogP contribution in [0.25, 0.3) is 0 Å². The number of rotatable bonds is 7. The third-order valence-electron chi connectivity index (χ3n) is 3.33. The van der Waals surface area contributed by atoms with Gasteiger partial charge in [0.2, 0.25) is 0 Å². The Hall–Kier alpha value is -1.01. The summed E-state index contributed by atoms with van der Waals surface area (Å²) in [6.45, 7) is 0.657. The van der Waals surface area contributed by atoms with E-state index in [0.717, 1.165) is 12.8 Å². The molecule has 0 saturated heterocycles. The molecule has 2 N–H and O–H groups in total. The maximum Gasteiger partial charge on any atom is 1.00 e. The summed E-state index contributed by atoms with van der Waals surface area (Å²) in [6.07, 6.45) is 1.93. The fraction of sp³-hybridized carbons (Fsp3) is 0.235. The van der Waals surface area contributed by atoms with Crippen LogP contribution in [0.2, 0.25) is 0 Å². The summed E-state index contributed by atoms with van der Waals surface area (Å²) in [6, 6.07) is 14.6. The van der Waals surface area contributed by atoms with Crippen LogP contribution in [-0.4, -0.2) is 22.4 Å². The molecule has 23 heavy (non-hydrogen) atoms. The Morgan fingerprint density at radius 2 is 1.91 bits per heavy atom. The Kier molecular flexibility index (Phi) is 8.69. The van der Waals surface area contributed by atoms with Crippen LogP contribution in [-0.2, 0) is 6.42 Å². The third kappa shape index (κ3) is 6.55. The van der Waals surface area contributed by atoms with Gasteiger partial charge in [-0.15, -0.1) is 0 Å². The molecule has 0 heterocycles. The Balaban J connectivity index is 0.00000264. The van der Waals surface area contributed by atoms with E-state index in [2.05, 4.69) is 33.4 Å². The number of carbonyl (C=O) groups is 1. The molecule has 0 bridgehead atoms. The molecule has 1 unspecified atom stereocenters. The number of hydrogen-bond donors (Lipinski definition) is 2. The van der Waals surface area contributed by atoms with Crippen LogP contribution in [0.3, 0.4) is 0 Å². The minimum absolute atomic E-state index is 0. The quantitative estimate of drug-likeness (QED) is 0.385. The fourth-order valence-electron chi connectivity index (χ4n) is 2.11. The predicted octanol–water partition coefficient (Wildman–Crippen LogP) is -0.432. The summed E-state index contributed by atoms with van der Waals surface area (Å²) in [5.41, 5.74) is 1.72. The maximum atomic E-state index is 10.9. The van der Waals surface area contributed by atoms with Crippen LogP contribution < -0.4 is 40.0 Å². The van der Waals surface area contributed by atoms with E-state index in [-0.39, 0.29) is 45.7 Å². The summed E-state index contributed by atoms with van der Waals surface area (Å²) in [5, 5.41) is 23.5. The first-order chi connectivity index (χ1) is 10.6. The van der Waals surface area contributed by atoms with Crippen LogP contribution in [0.5, 0.6) is 5.75 Å². The summed E-state index contributed by atoms with van der Waals surface area (Å²) in [4.78, 5) is 11.1. The van der Waals surface area contributed by atoms with Gasteiger partial charge in [-0.05, 0) is 36.6 Å². The van der Waals surface area contributed by atoms with E-state index in [1.807, 2.05) is 18.2 Å². The number of carbonyl (C=O) groups excluding carboxylic acids is 1. The number of alkyl halides is 1. The van der Waals surface area contributed by atoms with Crippen molar-refractivity contribution in [1.29, 1.82) is 0 Å². The van der Waals surface area contributed by atoms with Crippen molar-refractivity contribution in [3.8, 4) is 5.75 Å². The first kappa shape index (κ1) is 20.0. The van der Waals surface area contributed by atoms with E-state index in [0.29, 0.717) is 12.2 Å². The van der Waals surface area contributed by atoms with Gasteiger partial charge in [0.1, 0.15) is 5.75 Å². The number of benzene rings is 2. The van der Waals surface area contributed by atoms with Crippen molar-refractivity contribution in [2.75, 3.05) is 11.9 Å². The number of aryl methyl sites for hydroxylation is 1. The molecule has 0 amide bonds. The molecule has 0 saturated carbocycles. The van der Waals surface area contributed by atoms with E-state index < -0.39 is 5.97 Å². The van der Waals surface area contributed by atoms with Crippen LogP contribution in [0.4, 0.5) is 5.69 Å². The van der Waals surface area contributed by atoms with Crippen LogP contribution >= 0.6 is 15.9 Å². The molecule has 0 radical (unpaired) electrons. The molecule has 0 fully saturated rings. The predicted molar refractivity (Wildman–Crippen MR) is 88.4 cm³/mol. The number of nitrogens with one attached hydrogen (secondary N) is 1. The first-order valence-corrected chi connectivity index (χ1v) is 7.94. The molecule has 6 heteroatoms. The Morgan fingerprint density at radius 1 is 1.22 bits per heavy atom.